The summed E-state index contributed by atoms with van der Waals surface area (Å²) < 4.78 is 5.56. The molecule has 0 spiro atoms. The third-order valence-corrected chi connectivity index (χ3v) is 5.53. The van der Waals surface area contributed by atoms with Crippen molar-refractivity contribution in [2.75, 3.05) is 43.0 Å². The van der Waals surface area contributed by atoms with Crippen molar-refractivity contribution in [3.05, 3.63) is 64.3 Å². The number of amides is 1. The van der Waals surface area contributed by atoms with Crippen molar-refractivity contribution in [3.63, 3.8) is 0 Å². The van der Waals surface area contributed by atoms with Crippen LogP contribution in [-0.4, -0.2) is 58.8 Å². The number of hydrogen-bond acceptors (Lipinski definition) is 7. The first kappa shape index (κ1) is 22.1. The highest BCUT2D eigenvalue weighted by Gasteiger charge is 2.22. The summed E-state index contributed by atoms with van der Waals surface area (Å²) in [6, 6.07) is 14.4. The average Bonchev–Trinajstić information content (AvgIpc) is 2.79. The summed E-state index contributed by atoms with van der Waals surface area (Å²) in [4.78, 5) is 20.8. The van der Waals surface area contributed by atoms with E-state index in [1.807, 2.05) is 37.3 Å². The Morgan fingerprint density at radius 2 is 1.84 bits per heavy atom. The van der Waals surface area contributed by atoms with Crippen molar-refractivity contribution in [1.29, 1.82) is 0 Å². The molecule has 0 bridgehead atoms. The SMILES string of the molecule is Cc1cccc(Nc2ccc(N3CCN(C(=O)COc4ccc(Cl)cc4Cl)CC3)nn2)n1. The van der Waals surface area contributed by atoms with E-state index in [0.29, 0.717) is 47.8 Å². The molecule has 0 saturated carbocycles. The number of carbonyl (C=O) groups is 1. The van der Waals surface area contributed by atoms with Crippen molar-refractivity contribution < 1.29 is 9.53 Å². The van der Waals surface area contributed by atoms with Crippen molar-refractivity contribution in [3.8, 4) is 5.75 Å². The summed E-state index contributed by atoms with van der Waals surface area (Å²) in [6.07, 6.45) is 0. The maximum absolute atomic E-state index is 12.5. The van der Waals surface area contributed by atoms with Crippen LogP contribution in [-0.2, 0) is 4.79 Å². The zero-order chi connectivity index (χ0) is 22.5. The minimum atomic E-state index is -0.0908. The van der Waals surface area contributed by atoms with E-state index in [9.17, 15) is 4.79 Å². The lowest BCUT2D eigenvalue weighted by molar-refractivity contribution is -0.133. The van der Waals surface area contributed by atoms with Gasteiger partial charge in [0, 0.05) is 36.9 Å². The monoisotopic (exact) mass is 472 g/mol. The molecule has 1 aliphatic rings. The minimum Gasteiger partial charge on any atom is -0.482 e. The fourth-order valence-corrected chi connectivity index (χ4v) is 3.78. The summed E-state index contributed by atoms with van der Waals surface area (Å²) in [7, 11) is 0. The van der Waals surface area contributed by atoms with Crippen LogP contribution in [0.25, 0.3) is 0 Å². The summed E-state index contributed by atoms with van der Waals surface area (Å²) in [5.74, 6) is 2.46. The van der Waals surface area contributed by atoms with E-state index in [0.717, 1.165) is 17.3 Å². The minimum absolute atomic E-state index is 0.0749. The van der Waals surface area contributed by atoms with E-state index >= 15 is 0 Å². The average molecular weight is 473 g/mol. The molecule has 1 aliphatic heterocycles. The zero-order valence-electron chi connectivity index (χ0n) is 17.5. The first-order chi connectivity index (χ1) is 15.5. The van der Waals surface area contributed by atoms with Crippen LogP contribution in [0.15, 0.2) is 48.5 Å². The number of halogens is 2. The number of aryl methyl sites for hydroxylation is 1. The Morgan fingerprint density at radius 3 is 2.53 bits per heavy atom. The summed E-state index contributed by atoms with van der Waals surface area (Å²) in [5.41, 5.74) is 0.925. The smallest absolute Gasteiger partial charge is 0.260 e. The van der Waals surface area contributed by atoms with E-state index < -0.39 is 0 Å². The van der Waals surface area contributed by atoms with Gasteiger partial charge in [-0.15, -0.1) is 10.2 Å². The lowest BCUT2D eigenvalue weighted by Crippen LogP contribution is -2.50. The molecule has 0 atom stereocenters. The van der Waals surface area contributed by atoms with Crippen LogP contribution in [0, 0.1) is 6.92 Å². The number of aromatic nitrogens is 3. The van der Waals surface area contributed by atoms with Crippen molar-refractivity contribution >= 4 is 46.6 Å². The number of benzene rings is 1. The van der Waals surface area contributed by atoms with Gasteiger partial charge < -0.3 is 19.9 Å². The standard InChI is InChI=1S/C22H22Cl2N6O2/c1-15-3-2-4-19(25-15)26-20-7-8-21(28-27-20)29-9-11-30(12-10-29)22(31)14-32-18-6-5-16(23)13-17(18)24/h2-8,13H,9-12,14H2,1H3,(H,25,26,27). The Hall–Kier alpha value is -3.10. The molecule has 0 unspecified atom stereocenters. The predicted octanol–water partition coefficient (Wildman–Crippen LogP) is 3.96. The second kappa shape index (κ2) is 10.0. The number of nitrogens with one attached hydrogen (secondary N) is 1. The second-order valence-corrected chi connectivity index (χ2v) is 8.14. The zero-order valence-corrected chi connectivity index (χ0v) is 19.0. The van der Waals surface area contributed by atoms with E-state index in [-0.39, 0.29) is 12.5 Å². The van der Waals surface area contributed by atoms with Crippen molar-refractivity contribution in [2.24, 2.45) is 0 Å². The molecule has 0 radical (unpaired) electrons. The normalized spacial score (nSPS) is 13.7. The molecule has 1 amide bonds. The Kier molecular flexibility index (Phi) is 6.92. The highest BCUT2D eigenvalue weighted by molar-refractivity contribution is 6.35. The lowest BCUT2D eigenvalue weighted by Gasteiger charge is -2.35. The summed E-state index contributed by atoms with van der Waals surface area (Å²) in [5, 5.41) is 12.6. The molecule has 10 heteroatoms. The first-order valence-corrected chi connectivity index (χ1v) is 10.9. The van der Waals surface area contributed by atoms with E-state index in [1.165, 1.54) is 0 Å². The van der Waals surface area contributed by atoms with Crippen LogP contribution in [0.4, 0.5) is 17.5 Å². The molecule has 1 aromatic carbocycles. The van der Waals surface area contributed by atoms with Crippen molar-refractivity contribution in [1.82, 2.24) is 20.1 Å². The van der Waals surface area contributed by atoms with E-state index in [4.69, 9.17) is 27.9 Å². The highest BCUT2D eigenvalue weighted by Crippen LogP contribution is 2.27. The van der Waals surface area contributed by atoms with Gasteiger partial charge in [-0.05, 0) is 49.4 Å². The third kappa shape index (κ3) is 5.57. The van der Waals surface area contributed by atoms with Crippen molar-refractivity contribution in [2.45, 2.75) is 6.92 Å². The number of hydrogen-bond donors (Lipinski definition) is 1. The Balaban J connectivity index is 1.27. The molecule has 32 heavy (non-hydrogen) atoms. The van der Waals surface area contributed by atoms with Crippen LogP contribution in [0.3, 0.4) is 0 Å². The summed E-state index contributed by atoms with van der Waals surface area (Å²) in [6.45, 7) is 4.33. The number of nitrogens with zero attached hydrogens (tertiary/aromatic N) is 5. The maximum Gasteiger partial charge on any atom is 0.260 e. The molecular formula is C22H22Cl2N6O2. The number of ether oxygens (including phenoxy) is 1. The Labute approximate surface area is 196 Å². The first-order valence-electron chi connectivity index (χ1n) is 10.1. The van der Waals surface area contributed by atoms with Crippen LogP contribution in [0.2, 0.25) is 10.0 Å². The van der Waals surface area contributed by atoms with E-state index in [1.54, 1.807) is 23.1 Å². The Bertz CT molecular complexity index is 1090. The third-order valence-electron chi connectivity index (χ3n) is 5.00. The van der Waals surface area contributed by atoms with Crippen LogP contribution >= 0.6 is 23.2 Å². The molecule has 4 rings (SSSR count). The van der Waals surface area contributed by atoms with Gasteiger partial charge >= 0.3 is 0 Å². The molecule has 1 N–H and O–H groups in total. The number of pyridine rings is 1. The number of piperazine rings is 1. The van der Waals surface area contributed by atoms with Gasteiger partial charge in [-0.25, -0.2) is 4.98 Å². The maximum atomic E-state index is 12.5. The quantitative estimate of drug-likeness (QED) is 0.580. The fraction of sp³-hybridized carbons (Fsp3) is 0.273. The van der Waals surface area contributed by atoms with Gasteiger partial charge in [0.1, 0.15) is 11.6 Å². The van der Waals surface area contributed by atoms with Gasteiger partial charge in [0.25, 0.3) is 5.91 Å². The number of rotatable bonds is 6. The van der Waals surface area contributed by atoms with Gasteiger partial charge in [0.15, 0.2) is 18.2 Å². The molecule has 8 nitrogen and oxygen atoms in total. The topological polar surface area (TPSA) is 83.5 Å². The molecule has 0 aliphatic carbocycles. The van der Waals surface area contributed by atoms with Crippen LogP contribution in [0.1, 0.15) is 5.69 Å². The van der Waals surface area contributed by atoms with Crippen LogP contribution in [0.5, 0.6) is 5.75 Å². The second-order valence-electron chi connectivity index (χ2n) is 7.30. The molecular weight excluding hydrogens is 451 g/mol. The van der Waals surface area contributed by atoms with Gasteiger partial charge in [-0.3, -0.25) is 4.79 Å². The van der Waals surface area contributed by atoms with Gasteiger partial charge in [-0.2, -0.15) is 0 Å². The molecule has 2 aromatic heterocycles. The fourth-order valence-electron chi connectivity index (χ4n) is 3.31. The van der Waals surface area contributed by atoms with E-state index in [2.05, 4.69) is 25.4 Å². The molecule has 3 heterocycles. The van der Waals surface area contributed by atoms with Gasteiger partial charge in [0.2, 0.25) is 0 Å². The number of anilines is 3. The molecule has 3 aromatic rings. The largest absolute Gasteiger partial charge is 0.482 e. The molecule has 1 fully saturated rings. The van der Waals surface area contributed by atoms with Gasteiger partial charge in [-0.1, -0.05) is 29.3 Å². The summed E-state index contributed by atoms with van der Waals surface area (Å²) >= 11 is 12.0. The Morgan fingerprint density at radius 1 is 1.03 bits per heavy atom. The molecule has 166 valence electrons. The van der Waals surface area contributed by atoms with Crippen LogP contribution < -0.4 is 15.0 Å². The van der Waals surface area contributed by atoms with Gasteiger partial charge in [0.05, 0.1) is 5.02 Å². The molecule has 1 saturated heterocycles. The number of carbonyl (C=O) groups excluding carboxylic acids is 1. The predicted molar refractivity (Wildman–Crippen MR) is 125 cm³/mol. The highest BCUT2D eigenvalue weighted by atomic mass is 35.5. The lowest BCUT2D eigenvalue weighted by atomic mass is 10.3.